The maximum atomic E-state index is 11.9. The van der Waals surface area contributed by atoms with Crippen LogP contribution in [0, 0.1) is 5.92 Å². The van der Waals surface area contributed by atoms with E-state index < -0.39 is 17.9 Å². The smallest absolute Gasteiger partial charge is 0.326 e. The Morgan fingerprint density at radius 1 is 1.37 bits per heavy atom. The van der Waals surface area contributed by atoms with Crippen molar-refractivity contribution in [2.75, 3.05) is 0 Å². The van der Waals surface area contributed by atoms with Crippen molar-refractivity contribution in [3.63, 3.8) is 0 Å². The molecule has 1 heterocycles. The third-order valence-corrected chi connectivity index (χ3v) is 2.66. The summed E-state index contributed by atoms with van der Waals surface area (Å²) in [5.74, 6) is -1.41. The second kappa shape index (κ2) is 6.17. The van der Waals surface area contributed by atoms with Crippen molar-refractivity contribution in [2.24, 2.45) is 13.0 Å². The fraction of sp³-hybridized carbons (Fsp3) is 0.462. The monoisotopic (exact) mass is 266 g/mol. The number of carboxylic acid groups (broad SMARTS) is 1. The first-order chi connectivity index (χ1) is 8.81. The van der Waals surface area contributed by atoms with Gasteiger partial charge in [-0.1, -0.05) is 13.8 Å². The van der Waals surface area contributed by atoms with E-state index in [0.717, 1.165) is 0 Å². The molecule has 0 aromatic carbocycles. The molecular formula is C13H18N2O4. The number of hydrogen-bond acceptors (Lipinski definition) is 3. The van der Waals surface area contributed by atoms with Gasteiger partial charge in [0.25, 0.3) is 5.91 Å². The van der Waals surface area contributed by atoms with Gasteiger partial charge in [0.05, 0.1) is 5.56 Å². The first-order valence-electron chi connectivity index (χ1n) is 6.01. The van der Waals surface area contributed by atoms with Crippen LogP contribution in [0.15, 0.2) is 23.1 Å². The van der Waals surface area contributed by atoms with E-state index in [4.69, 9.17) is 5.11 Å². The Morgan fingerprint density at radius 3 is 2.47 bits per heavy atom. The summed E-state index contributed by atoms with van der Waals surface area (Å²) >= 11 is 0. The van der Waals surface area contributed by atoms with Crippen LogP contribution in [0.25, 0.3) is 0 Å². The van der Waals surface area contributed by atoms with Crippen molar-refractivity contribution in [1.82, 2.24) is 9.88 Å². The molecule has 6 heteroatoms. The molecule has 1 rings (SSSR count). The van der Waals surface area contributed by atoms with Crippen LogP contribution >= 0.6 is 0 Å². The maximum absolute atomic E-state index is 11.9. The minimum atomic E-state index is -1.06. The van der Waals surface area contributed by atoms with E-state index in [1.807, 2.05) is 13.8 Å². The van der Waals surface area contributed by atoms with Crippen LogP contribution in [-0.4, -0.2) is 27.6 Å². The van der Waals surface area contributed by atoms with Gasteiger partial charge < -0.3 is 15.0 Å². The lowest BCUT2D eigenvalue weighted by molar-refractivity contribution is -0.139. The highest BCUT2D eigenvalue weighted by Crippen LogP contribution is 2.06. The van der Waals surface area contributed by atoms with Gasteiger partial charge in [0.15, 0.2) is 0 Å². The lowest BCUT2D eigenvalue weighted by Gasteiger charge is -2.16. The van der Waals surface area contributed by atoms with Crippen LogP contribution in [-0.2, 0) is 11.8 Å². The Labute approximate surface area is 111 Å². The van der Waals surface area contributed by atoms with Gasteiger partial charge in [-0.3, -0.25) is 9.59 Å². The van der Waals surface area contributed by atoms with Gasteiger partial charge in [0.1, 0.15) is 6.04 Å². The molecule has 0 unspecified atom stereocenters. The van der Waals surface area contributed by atoms with E-state index in [9.17, 15) is 14.4 Å². The van der Waals surface area contributed by atoms with Crippen molar-refractivity contribution >= 4 is 11.9 Å². The Morgan fingerprint density at radius 2 is 2.00 bits per heavy atom. The number of hydrogen-bond donors (Lipinski definition) is 2. The molecule has 19 heavy (non-hydrogen) atoms. The van der Waals surface area contributed by atoms with Crippen LogP contribution in [0.3, 0.4) is 0 Å². The quantitative estimate of drug-likeness (QED) is 0.817. The van der Waals surface area contributed by atoms with Gasteiger partial charge in [-0.25, -0.2) is 4.79 Å². The zero-order valence-electron chi connectivity index (χ0n) is 11.2. The maximum Gasteiger partial charge on any atom is 0.326 e. The second-order valence-electron chi connectivity index (χ2n) is 4.86. The minimum Gasteiger partial charge on any atom is -0.480 e. The van der Waals surface area contributed by atoms with Gasteiger partial charge in [0, 0.05) is 19.3 Å². The molecule has 2 N–H and O–H groups in total. The molecule has 0 saturated carbocycles. The summed E-state index contributed by atoms with van der Waals surface area (Å²) in [6.07, 6.45) is 1.73. The zero-order chi connectivity index (χ0) is 14.6. The number of aliphatic carboxylic acids is 1. The second-order valence-corrected chi connectivity index (χ2v) is 4.86. The summed E-state index contributed by atoms with van der Waals surface area (Å²) < 4.78 is 1.27. The Kier molecular flexibility index (Phi) is 4.86. The molecule has 0 bridgehead atoms. The minimum absolute atomic E-state index is 0.154. The van der Waals surface area contributed by atoms with Gasteiger partial charge in [0.2, 0.25) is 5.56 Å². The average Bonchev–Trinajstić information content (AvgIpc) is 2.31. The lowest BCUT2D eigenvalue weighted by atomic mass is 10.0. The van der Waals surface area contributed by atoms with E-state index in [0.29, 0.717) is 6.42 Å². The summed E-state index contributed by atoms with van der Waals surface area (Å²) in [7, 11) is 1.53. The average molecular weight is 266 g/mol. The zero-order valence-corrected chi connectivity index (χ0v) is 11.2. The van der Waals surface area contributed by atoms with Crippen molar-refractivity contribution in [1.29, 1.82) is 0 Å². The summed E-state index contributed by atoms with van der Waals surface area (Å²) in [4.78, 5) is 34.2. The number of pyridine rings is 1. The summed E-state index contributed by atoms with van der Waals surface area (Å²) in [6.45, 7) is 3.77. The van der Waals surface area contributed by atoms with Gasteiger partial charge >= 0.3 is 5.97 Å². The molecule has 1 atom stereocenters. The SMILES string of the molecule is CC(C)C[C@@H](NC(=O)c1ccc(=O)n(C)c1)C(=O)O. The number of carbonyl (C=O) groups is 2. The van der Waals surface area contributed by atoms with E-state index in [2.05, 4.69) is 5.32 Å². The number of aromatic nitrogens is 1. The van der Waals surface area contributed by atoms with Gasteiger partial charge in [-0.15, -0.1) is 0 Å². The molecule has 1 aromatic rings. The number of rotatable bonds is 5. The standard InChI is InChI=1S/C13H18N2O4/c1-8(2)6-10(13(18)19)14-12(17)9-4-5-11(16)15(3)7-9/h4-5,7-8,10H,6H2,1-3H3,(H,14,17)(H,18,19)/t10-/m1/s1. The highest BCUT2D eigenvalue weighted by atomic mass is 16.4. The molecule has 0 aliphatic rings. The van der Waals surface area contributed by atoms with E-state index in [-0.39, 0.29) is 17.0 Å². The van der Waals surface area contributed by atoms with Gasteiger partial charge in [-0.2, -0.15) is 0 Å². The summed E-state index contributed by atoms with van der Waals surface area (Å²) in [6, 6.07) is 1.73. The number of aryl methyl sites for hydroxylation is 1. The number of carbonyl (C=O) groups excluding carboxylic acids is 1. The van der Waals surface area contributed by atoms with Crippen molar-refractivity contribution < 1.29 is 14.7 Å². The van der Waals surface area contributed by atoms with Gasteiger partial charge in [-0.05, 0) is 18.4 Å². The lowest BCUT2D eigenvalue weighted by Crippen LogP contribution is -2.41. The number of amides is 1. The number of nitrogens with one attached hydrogen (secondary N) is 1. The van der Waals surface area contributed by atoms with Crippen molar-refractivity contribution in [3.8, 4) is 0 Å². The number of carboxylic acids is 1. The molecule has 0 fully saturated rings. The summed E-state index contributed by atoms with van der Waals surface area (Å²) in [5, 5.41) is 11.5. The van der Waals surface area contributed by atoms with Crippen molar-refractivity contribution in [3.05, 3.63) is 34.2 Å². The Hall–Kier alpha value is -2.11. The molecule has 6 nitrogen and oxygen atoms in total. The normalized spacial score (nSPS) is 12.2. The Bertz CT molecular complexity index is 534. The third-order valence-electron chi connectivity index (χ3n) is 2.66. The highest BCUT2D eigenvalue weighted by molar-refractivity contribution is 5.96. The van der Waals surface area contributed by atoms with Crippen LogP contribution in [0.1, 0.15) is 30.6 Å². The first-order valence-corrected chi connectivity index (χ1v) is 6.01. The third kappa shape index (κ3) is 4.24. The number of nitrogens with zero attached hydrogens (tertiary/aromatic N) is 1. The molecule has 0 aliphatic carbocycles. The van der Waals surface area contributed by atoms with Crippen LogP contribution in [0.2, 0.25) is 0 Å². The van der Waals surface area contributed by atoms with E-state index >= 15 is 0 Å². The van der Waals surface area contributed by atoms with E-state index in [1.165, 1.54) is 29.9 Å². The molecule has 1 amide bonds. The topological polar surface area (TPSA) is 88.4 Å². The van der Waals surface area contributed by atoms with Crippen LogP contribution < -0.4 is 10.9 Å². The Balaban J connectivity index is 2.84. The fourth-order valence-corrected chi connectivity index (χ4v) is 1.66. The first kappa shape index (κ1) is 14.9. The van der Waals surface area contributed by atoms with Crippen LogP contribution in [0.5, 0.6) is 0 Å². The molecule has 0 aliphatic heterocycles. The van der Waals surface area contributed by atoms with E-state index in [1.54, 1.807) is 0 Å². The molecule has 0 spiro atoms. The van der Waals surface area contributed by atoms with Crippen molar-refractivity contribution in [2.45, 2.75) is 26.3 Å². The molecule has 1 aromatic heterocycles. The molecule has 104 valence electrons. The largest absolute Gasteiger partial charge is 0.480 e. The molecular weight excluding hydrogens is 248 g/mol. The predicted octanol–water partition coefficient (Wildman–Crippen LogP) is 0.614. The fourth-order valence-electron chi connectivity index (χ4n) is 1.66. The predicted molar refractivity (Wildman–Crippen MR) is 70.0 cm³/mol. The molecule has 0 saturated heterocycles. The summed E-state index contributed by atoms with van der Waals surface area (Å²) in [5.41, 5.74) is 0.0330. The molecule has 0 radical (unpaired) electrons. The van der Waals surface area contributed by atoms with Crippen LogP contribution in [0.4, 0.5) is 0 Å². The highest BCUT2D eigenvalue weighted by Gasteiger charge is 2.21.